The van der Waals surface area contributed by atoms with Gasteiger partial charge in [0.25, 0.3) is 5.56 Å². The van der Waals surface area contributed by atoms with Crippen molar-refractivity contribution in [1.82, 2.24) is 15.2 Å². The van der Waals surface area contributed by atoms with E-state index < -0.39 is 22.3 Å². The fourth-order valence-electron chi connectivity index (χ4n) is 2.28. The molecule has 2 aromatic carbocycles. The van der Waals surface area contributed by atoms with Crippen molar-refractivity contribution >= 4 is 23.2 Å². The van der Waals surface area contributed by atoms with Crippen LogP contribution in [-0.2, 0) is 12.6 Å². The third kappa shape index (κ3) is 4.20. The van der Waals surface area contributed by atoms with Crippen LogP contribution in [-0.4, -0.2) is 15.2 Å². The van der Waals surface area contributed by atoms with Gasteiger partial charge in [0.15, 0.2) is 0 Å². The Morgan fingerprint density at radius 1 is 1.08 bits per heavy atom. The van der Waals surface area contributed by atoms with E-state index in [1.54, 1.807) is 0 Å². The number of H-pyrrole nitrogens is 1. The highest BCUT2D eigenvalue weighted by Crippen LogP contribution is 2.36. The molecule has 1 heterocycles. The molecule has 9 heteroatoms. The molecule has 3 aromatic rings. The molecular weight excluding hydrogens is 369 g/mol. The SMILES string of the molecule is O=c1[nH]c(Nc2ccc(Cl)c(C(F)(F)F)c2)nnc1Cc1ccccc1. The van der Waals surface area contributed by atoms with E-state index in [-0.39, 0.29) is 17.3 Å². The Balaban J connectivity index is 1.81. The lowest BCUT2D eigenvalue weighted by atomic mass is 10.1. The standard InChI is InChI=1S/C17H12ClF3N4O/c18-13-7-6-11(9-12(13)17(19,20)21)22-16-23-15(26)14(24-25-16)8-10-4-2-1-3-5-10/h1-7,9H,8H2,(H2,22,23,25,26). The predicted octanol–water partition coefficient (Wildman–Crippen LogP) is 4.17. The Kier molecular flexibility index (Phi) is 4.94. The summed E-state index contributed by atoms with van der Waals surface area (Å²) in [6.45, 7) is 0. The molecule has 0 radical (unpaired) electrons. The van der Waals surface area contributed by atoms with Gasteiger partial charge in [-0.15, -0.1) is 10.2 Å². The van der Waals surface area contributed by atoms with Gasteiger partial charge in [0.05, 0.1) is 10.6 Å². The molecule has 0 aliphatic rings. The Labute approximate surface area is 150 Å². The van der Waals surface area contributed by atoms with Gasteiger partial charge < -0.3 is 5.32 Å². The monoisotopic (exact) mass is 380 g/mol. The van der Waals surface area contributed by atoms with Crippen molar-refractivity contribution in [2.24, 2.45) is 0 Å². The van der Waals surface area contributed by atoms with Crippen LogP contribution in [0.1, 0.15) is 16.8 Å². The number of hydrogen-bond acceptors (Lipinski definition) is 4. The Bertz CT molecular complexity index is 974. The molecule has 1 aromatic heterocycles. The molecule has 0 fully saturated rings. The first-order valence-electron chi connectivity index (χ1n) is 7.46. The maximum absolute atomic E-state index is 12.9. The molecule has 0 bridgehead atoms. The van der Waals surface area contributed by atoms with Crippen LogP contribution in [0.2, 0.25) is 5.02 Å². The molecule has 0 aliphatic carbocycles. The van der Waals surface area contributed by atoms with Crippen molar-refractivity contribution in [2.75, 3.05) is 5.32 Å². The smallest absolute Gasteiger partial charge is 0.324 e. The van der Waals surface area contributed by atoms with Crippen molar-refractivity contribution in [3.05, 3.63) is 80.7 Å². The molecule has 3 rings (SSSR count). The normalized spacial score (nSPS) is 11.4. The second-order valence-corrected chi connectivity index (χ2v) is 5.84. The lowest BCUT2D eigenvalue weighted by Gasteiger charge is -2.11. The summed E-state index contributed by atoms with van der Waals surface area (Å²) in [7, 11) is 0. The highest BCUT2D eigenvalue weighted by atomic mass is 35.5. The van der Waals surface area contributed by atoms with Crippen molar-refractivity contribution < 1.29 is 13.2 Å². The average molecular weight is 381 g/mol. The van der Waals surface area contributed by atoms with E-state index in [0.717, 1.165) is 17.7 Å². The number of aromatic nitrogens is 3. The molecule has 134 valence electrons. The van der Waals surface area contributed by atoms with Crippen LogP contribution in [0.15, 0.2) is 53.3 Å². The number of alkyl halides is 3. The number of benzene rings is 2. The van der Waals surface area contributed by atoms with Gasteiger partial charge >= 0.3 is 6.18 Å². The second-order valence-electron chi connectivity index (χ2n) is 5.43. The van der Waals surface area contributed by atoms with Crippen molar-refractivity contribution in [3.63, 3.8) is 0 Å². The molecule has 0 saturated heterocycles. The van der Waals surface area contributed by atoms with E-state index in [1.165, 1.54) is 6.07 Å². The molecule has 0 spiro atoms. The molecular formula is C17H12ClF3N4O. The first kappa shape index (κ1) is 17.9. The van der Waals surface area contributed by atoms with Gasteiger partial charge in [-0.25, -0.2) is 0 Å². The van der Waals surface area contributed by atoms with Crippen LogP contribution in [0.25, 0.3) is 0 Å². The van der Waals surface area contributed by atoms with E-state index in [0.29, 0.717) is 6.42 Å². The third-order valence-corrected chi connectivity index (χ3v) is 3.84. The minimum atomic E-state index is -4.59. The largest absolute Gasteiger partial charge is 0.417 e. The maximum Gasteiger partial charge on any atom is 0.417 e. The number of aromatic amines is 1. The quantitative estimate of drug-likeness (QED) is 0.712. The van der Waals surface area contributed by atoms with Crippen molar-refractivity contribution in [3.8, 4) is 0 Å². The summed E-state index contributed by atoms with van der Waals surface area (Å²) in [5.41, 5.74) is -0.298. The van der Waals surface area contributed by atoms with Crippen LogP contribution < -0.4 is 10.9 Å². The molecule has 2 N–H and O–H groups in total. The summed E-state index contributed by atoms with van der Waals surface area (Å²) in [5, 5.41) is 9.84. The van der Waals surface area contributed by atoms with Gasteiger partial charge in [0, 0.05) is 12.1 Å². The minimum absolute atomic E-state index is 0.0674. The molecule has 0 atom stereocenters. The van der Waals surface area contributed by atoms with E-state index in [1.807, 2.05) is 30.3 Å². The summed E-state index contributed by atoms with van der Waals surface area (Å²) < 4.78 is 38.7. The highest BCUT2D eigenvalue weighted by Gasteiger charge is 2.33. The molecule has 0 unspecified atom stereocenters. The predicted molar refractivity (Wildman–Crippen MR) is 91.6 cm³/mol. The Morgan fingerprint density at radius 2 is 1.81 bits per heavy atom. The van der Waals surface area contributed by atoms with Crippen molar-refractivity contribution in [2.45, 2.75) is 12.6 Å². The van der Waals surface area contributed by atoms with Crippen LogP contribution >= 0.6 is 11.6 Å². The molecule has 5 nitrogen and oxygen atoms in total. The summed E-state index contributed by atoms with van der Waals surface area (Å²) in [6.07, 6.45) is -4.30. The van der Waals surface area contributed by atoms with Gasteiger partial charge in [0.1, 0.15) is 5.69 Å². The van der Waals surface area contributed by atoms with Crippen LogP contribution in [0.3, 0.4) is 0 Å². The molecule has 0 aliphatic heterocycles. The first-order valence-corrected chi connectivity index (χ1v) is 7.84. The zero-order valence-corrected chi connectivity index (χ0v) is 13.9. The number of rotatable bonds is 4. The summed E-state index contributed by atoms with van der Waals surface area (Å²) >= 11 is 5.57. The first-order chi connectivity index (χ1) is 12.3. The van der Waals surface area contributed by atoms with Crippen LogP contribution in [0, 0.1) is 0 Å². The summed E-state index contributed by atoms with van der Waals surface area (Å²) in [6, 6.07) is 12.5. The Hall–Kier alpha value is -2.87. The number of nitrogens with one attached hydrogen (secondary N) is 2. The third-order valence-electron chi connectivity index (χ3n) is 3.51. The highest BCUT2D eigenvalue weighted by molar-refractivity contribution is 6.31. The second kappa shape index (κ2) is 7.17. The molecule has 26 heavy (non-hydrogen) atoms. The average Bonchev–Trinajstić information content (AvgIpc) is 2.59. The van der Waals surface area contributed by atoms with E-state index in [9.17, 15) is 18.0 Å². The Morgan fingerprint density at radius 3 is 2.46 bits per heavy atom. The minimum Gasteiger partial charge on any atom is -0.324 e. The maximum atomic E-state index is 12.9. The lowest BCUT2D eigenvalue weighted by molar-refractivity contribution is -0.137. The van der Waals surface area contributed by atoms with Crippen molar-refractivity contribution in [1.29, 1.82) is 0 Å². The topological polar surface area (TPSA) is 70.7 Å². The van der Waals surface area contributed by atoms with Crippen LogP contribution in [0.5, 0.6) is 0 Å². The van der Waals surface area contributed by atoms with Crippen LogP contribution in [0.4, 0.5) is 24.8 Å². The molecule has 0 saturated carbocycles. The van der Waals surface area contributed by atoms with E-state index >= 15 is 0 Å². The fourth-order valence-corrected chi connectivity index (χ4v) is 2.50. The summed E-state index contributed by atoms with van der Waals surface area (Å²) in [4.78, 5) is 14.6. The van der Waals surface area contributed by atoms with E-state index in [4.69, 9.17) is 11.6 Å². The van der Waals surface area contributed by atoms with Gasteiger partial charge in [-0.05, 0) is 23.8 Å². The zero-order valence-electron chi connectivity index (χ0n) is 13.1. The van der Waals surface area contributed by atoms with Gasteiger partial charge in [-0.3, -0.25) is 9.78 Å². The number of anilines is 2. The van der Waals surface area contributed by atoms with Gasteiger partial charge in [-0.1, -0.05) is 41.9 Å². The number of nitrogens with zero attached hydrogens (tertiary/aromatic N) is 2. The zero-order chi connectivity index (χ0) is 18.7. The number of hydrogen-bond donors (Lipinski definition) is 2. The molecule has 0 amide bonds. The fraction of sp³-hybridized carbons (Fsp3) is 0.118. The number of halogens is 4. The summed E-state index contributed by atoms with van der Waals surface area (Å²) in [5.74, 6) is -0.0674. The lowest BCUT2D eigenvalue weighted by Crippen LogP contribution is -2.19. The van der Waals surface area contributed by atoms with Gasteiger partial charge in [0.2, 0.25) is 5.95 Å². The van der Waals surface area contributed by atoms with Gasteiger partial charge in [-0.2, -0.15) is 13.2 Å². The van der Waals surface area contributed by atoms with E-state index in [2.05, 4.69) is 20.5 Å².